The van der Waals surface area contributed by atoms with E-state index in [9.17, 15) is 9.90 Å². The van der Waals surface area contributed by atoms with E-state index in [-0.39, 0.29) is 16.9 Å². The molecule has 2 atom stereocenters. The van der Waals surface area contributed by atoms with E-state index in [0.29, 0.717) is 11.3 Å². The van der Waals surface area contributed by atoms with E-state index < -0.39 is 0 Å². The molecule has 0 aliphatic heterocycles. The molecule has 3 nitrogen and oxygen atoms in total. The number of phenols is 1. The molecule has 1 aromatic heterocycles. The lowest BCUT2D eigenvalue weighted by Crippen LogP contribution is -2.53. The molecule has 4 aliphatic carbocycles. The molecular formula is C27H28O3. The van der Waals surface area contributed by atoms with Crippen LogP contribution in [0, 0.1) is 23.7 Å². The zero-order valence-electron chi connectivity index (χ0n) is 17.4. The van der Waals surface area contributed by atoms with Crippen LogP contribution in [0.4, 0.5) is 0 Å². The van der Waals surface area contributed by atoms with Crippen LogP contribution in [0.5, 0.6) is 5.75 Å². The van der Waals surface area contributed by atoms with Gasteiger partial charge in [-0.3, -0.25) is 4.79 Å². The van der Waals surface area contributed by atoms with E-state index in [1.54, 1.807) is 24.3 Å². The summed E-state index contributed by atoms with van der Waals surface area (Å²) in [4.78, 5) is 13.6. The van der Waals surface area contributed by atoms with Gasteiger partial charge in [-0.05, 0) is 74.0 Å². The summed E-state index contributed by atoms with van der Waals surface area (Å²) >= 11 is 0. The minimum atomic E-state index is -0.111. The lowest BCUT2D eigenvalue weighted by atomic mass is 9.44. The van der Waals surface area contributed by atoms with Gasteiger partial charge in [-0.25, -0.2) is 0 Å². The molecule has 7 rings (SSSR count). The van der Waals surface area contributed by atoms with Gasteiger partial charge < -0.3 is 9.52 Å². The number of phenolic OH excluding ortho intramolecular Hbond substituents is 1. The molecule has 4 aliphatic rings. The van der Waals surface area contributed by atoms with Gasteiger partial charge in [-0.15, -0.1) is 0 Å². The molecule has 1 N–H and O–H groups in total. The fourth-order valence-corrected chi connectivity index (χ4v) is 7.61. The molecule has 3 heteroatoms. The Bertz CT molecular complexity index is 1120. The number of ketones is 1. The number of rotatable bonds is 4. The largest absolute Gasteiger partial charge is 0.508 e. The molecule has 0 spiro atoms. The highest BCUT2D eigenvalue weighted by molar-refractivity contribution is 6.11. The fourth-order valence-electron chi connectivity index (χ4n) is 7.61. The number of hydrogen-bond donors (Lipinski definition) is 1. The number of carbonyl (C=O) groups is 1. The summed E-state index contributed by atoms with van der Waals surface area (Å²) in [5.74, 6) is 3.67. The van der Waals surface area contributed by atoms with Gasteiger partial charge in [-0.1, -0.05) is 43.7 Å². The average Bonchev–Trinajstić information content (AvgIpc) is 3.13. The third-order valence-electron chi connectivity index (χ3n) is 8.38. The van der Waals surface area contributed by atoms with Gasteiger partial charge in [0, 0.05) is 21.9 Å². The van der Waals surface area contributed by atoms with Crippen LogP contribution >= 0.6 is 0 Å². The quantitative estimate of drug-likeness (QED) is 0.510. The van der Waals surface area contributed by atoms with Crippen molar-refractivity contribution in [2.24, 2.45) is 23.7 Å². The molecule has 2 unspecified atom stereocenters. The number of aromatic hydroxyl groups is 1. The van der Waals surface area contributed by atoms with Crippen molar-refractivity contribution in [3.05, 3.63) is 65.4 Å². The Morgan fingerprint density at radius 1 is 1.07 bits per heavy atom. The van der Waals surface area contributed by atoms with Crippen molar-refractivity contribution in [3.63, 3.8) is 0 Å². The standard InChI is InChI=1S/C27H28O3/c1-2-21-18-10-16-11-19(21)15-27(13-16,14-18)24-22-8-3-4-9-23(22)30-26(24)25(29)17-6-5-7-20(28)12-17/h3-9,12,16,18-19,21,28H,2,10-11,13-15H2,1H3. The molecule has 0 amide bonds. The van der Waals surface area contributed by atoms with Crippen LogP contribution in [0.3, 0.4) is 0 Å². The maximum Gasteiger partial charge on any atom is 0.228 e. The van der Waals surface area contributed by atoms with Crippen LogP contribution in [-0.2, 0) is 5.41 Å². The summed E-state index contributed by atoms with van der Waals surface area (Å²) in [6.45, 7) is 2.35. The van der Waals surface area contributed by atoms with Gasteiger partial charge >= 0.3 is 0 Å². The van der Waals surface area contributed by atoms with Crippen molar-refractivity contribution < 1.29 is 14.3 Å². The minimum Gasteiger partial charge on any atom is -0.508 e. The molecule has 4 bridgehead atoms. The molecule has 3 aromatic rings. The SMILES string of the molecule is CCC1C2CC3CC1CC(c1c(C(=O)c4cccc(O)c4)oc4ccccc14)(C3)C2. The number of furan rings is 1. The second kappa shape index (κ2) is 6.47. The van der Waals surface area contributed by atoms with E-state index >= 15 is 0 Å². The third-order valence-corrected chi connectivity index (χ3v) is 8.38. The Labute approximate surface area is 177 Å². The van der Waals surface area contributed by atoms with E-state index in [4.69, 9.17) is 4.42 Å². The molecule has 4 saturated carbocycles. The molecule has 154 valence electrons. The minimum absolute atomic E-state index is 0.0522. The number of benzene rings is 2. The summed E-state index contributed by atoms with van der Waals surface area (Å²) in [5, 5.41) is 11.0. The summed E-state index contributed by atoms with van der Waals surface area (Å²) in [5.41, 5.74) is 2.50. The van der Waals surface area contributed by atoms with E-state index in [0.717, 1.165) is 40.2 Å². The highest BCUT2D eigenvalue weighted by atomic mass is 16.3. The highest BCUT2D eigenvalue weighted by Gasteiger charge is 2.57. The first-order valence-electron chi connectivity index (χ1n) is 11.4. The zero-order chi connectivity index (χ0) is 20.5. The summed E-state index contributed by atoms with van der Waals surface area (Å²) in [7, 11) is 0. The monoisotopic (exact) mass is 400 g/mol. The first-order valence-corrected chi connectivity index (χ1v) is 11.4. The van der Waals surface area contributed by atoms with E-state index in [1.807, 2.05) is 12.1 Å². The van der Waals surface area contributed by atoms with Gasteiger partial charge in [0.15, 0.2) is 5.76 Å². The van der Waals surface area contributed by atoms with E-state index in [1.165, 1.54) is 38.5 Å². The van der Waals surface area contributed by atoms with Gasteiger partial charge in [0.25, 0.3) is 0 Å². The smallest absolute Gasteiger partial charge is 0.228 e. The molecular weight excluding hydrogens is 372 g/mol. The number of para-hydroxylation sites is 1. The molecule has 4 fully saturated rings. The van der Waals surface area contributed by atoms with Crippen molar-refractivity contribution in [3.8, 4) is 5.75 Å². The topological polar surface area (TPSA) is 50.4 Å². The van der Waals surface area contributed by atoms with Gasteiger partial charge in [0.2, 0.25) is 5.78 Å². The Hall–Kier alpha value is -2.55. The number of carbonyl (C=O) groups excluding carboxylic acids is 1. The maximum atomic E-state index is 13.6. The average molecular weight is 401 g/mol. The van der Waals surface area contributed by atoms with E-state index in [2.05, 4.69) is 19.1 Å². The number of fused-ring (bicyclic) bond motifs is 1. The molecule has 0 radical (unpaired) electrons. The van der Waals surface area contributed by atoms with Crippen LogP contribution < -0.4 is 0 Å². The lowest BCUT2D eigenvalue weighted by molar-refractivity contribution is -0.0572. The first kappa shape index (κ1) is 18.2. The second-order valence-corrected chi connectivity index (χ2v) is 10.0. The molecule has 30 heavy (non-hydrogen) atoms. The van der Waals surface area contributed by atoms with Gasteiger partial charge in [0.1, 0.15) is 11.3 Å². The van der Waals surface area contributed by atoms with Crippen molar-refractivity contribution in [2.45, 2.75) is 50.9 Å². The molecule has 1 heterocycles. The Kier molecular flexibility index (Phi) is 3.93. The summed E-state index contributed by atoms with van der Waals surface area (Å²) in [6.07, 6.45) is 7.55. The molecule has 0 saturated heterocycles. The van der Waals surface area contributed by atoms with Crippen molar-refractivity contribution in [1.82, 2.24) is 0 Å². The van der Waals surface area contributed by atoms with Crippen molar-refractivity contribution in [1.29, 1.82) is 0 Å². The zero-order valence-corrected chi connectivity index (χ0v) is 17.4. The lowest BCUT2D eigenvalue weighted by Gasteiger charge is -2.60. The van der Waals surface area contributed by atoms with Crippen LogP contribution in [0.2, 0.25) is 0 Å². The van der Waals surface area contributed by atoms with Crippen LogP contribution in [0.25, 0.3) is 11.0 Å². The maximum absolute atomic E-state index is 13.6. The summed E-state index contributed by atoms with van der Waals surface area (Å²) in [6, 6.07) is 14.8. The van der Waals surface area contributed by atoms with Crippen LogP contribution in [0.15, 0.2) is 52.9 Å². The second-order valence-electron chi connectivity index (χ2n) is 10.0. The van der Waals surface area contributed by atoms with Gasteiger partial charge in [0.05, 0.1) is 0 Å². The van der Waals surface area contributed by atoms with Crippen LogP contribution in [0.1, 0.15) is 67.1 Å². The molecule has 2 aromatic carbocycles. The normalized spacial score (nSPS) is 32.0. The Morgan fingerprint density at radius 3 is 2.57 bits per heavy atom. The predicted molar refractivity (Wildman–Crippen MR) is 117 cm³/mol. The first-order chi connectivity index (χ1) is 14.6. The Balaban J connectivity index is 1.53. The third kappa shape index (κ3) is 2.54. The summed E-state index contributed by atoms with van der Waals surface area (Å²) < 4.78 is 6.27. The Morgan fingerprint density at radius 2 is 1.83 bits per heavy atom. The fraction of sp³-hybridized carbons (Fsp3) is 0.444. The van der Waals surface area contributed by atoms with Gasteiger partial charge in [-0.2, -0.15) is 0 Å². The predicted octanol–water partition coefficient (Wildman–Crippen LogP) is 6.47. The number of hydrogen-bond acceptors (Lipinski definition) is 3. The van der Waals surface area contributed by atoms with Crippen molar-refractivity contribution >= 4 is 16.8 Å². The van der Waals surface area contributed by atoms with Crippen molar-refractivity contribution in [2.75, 3.05) is 0 Å². The highest BCUT2D eigenvalue weighted by Crippen LogP contribution is 2.64. The van der Waals surface area contributed by atoms with Crippen LogP contribution in [-0.4, -0.2) is 10.9 Å².